The van der Waals surface area contributed by atoms with Crippen LogP contribution >= 0.6 is 0 Å². The molecule has 11 atom stereocenters. The third kappa shape index (κ3) is 2.32. The minimum absolute atomic E-state index is 0.00786. The molecule has 6 heteroatoms. The van der Waals surface area contributed by atoms with Crippen molar-refractivity contribution in [1.82, 2.24) is 0 Å². The van der Waals surface area contributed by atoms with Gasteiger partial charge in [-0.05, 0) is 36.2 Å². The first kappa shape index (κ1) is 20.3. The predicted molar refractivity (Wildman–Crippen MR) is 102 cm³/mol. The highest BCUT2D eigenvalue weighted by Gasteiger charge is 2.72. The summed E-state index contributed by atoms with van der Waals surface area (Å²) in [5.74, 6) is 0.00939. The Labute approximate surface area is 167 Å². The van der Waals surface area contributed by atoms with Gasteiger partial charge in [-0.15, -0.1) is 0 Å². The largest absolute Gasteiger partial charge is 0.493 e. The van der Waals surface area contributed by atoms with Crippen molar-refractivity contribution >= 4 is 5.78 Å². The fourth-order valence-corrected chi connectivity index (χ4v) is 7.51. The van der Waals surface area contributed by atoms with Crippen LogP contribution in [0.2, 0.25) is 0 Å². The van der Waals surface area contributed by atoms with Crippen molar-refractivity contribution in [2.45, 2.75) is 65.1 Å². The van der Waals surface area contributed by atoms with Crippen LogP contribution in [-0.4, -0.2) is 54.8 Å². The zero-order chi connectivity index (χ0) is 20.6. The fourth-order valence-electron chi connectivity index (χ4n) is 7.51. The van der Waals surface area contributed by atoms with Gasteiger partial charge in [0.15, 0.2) is 12.0 Å². The summed E-state index contributed by atoms with van der Waals surface area (Å²) in [5.41, 5.74) is -1.24. The maximum absolute atomic E-state index is 13.6. The van der Waals surface area contributed by atoms with Crippen molar-refractivity contribution in [3.8, 4) is 0 Å². The third-order valence-corrected chi connectivity index (χ3v) is 8.92. The van der Waals surface area contributed by atoms with Gasteiger partial charge in [0, 0.05) is 30.3 Å². The first-order chi connectivity index (χ1) is 13.1. The van der Waals surface area contributed by atoms with Crippen LogP contribution in [0.15, 0.2) is 11.8 Å². The van der Waals surface area contributed by atoms with Crippen LogP contribution in [0.4, 0.5) is 0 Å². The summed E-state index contributed by atoms with van der Waals surface area (Å²) in [4.78, 5) is 13.6. The Morgan fingerprint density at radius 2 is 1.79 bits per heavy atom. The van der Waals surface area contributed by atoms with Crippen LogP contribution < -0.4 is 0 Å². The zero-order valence-corrected chi connectivity index (χ0v) is 17.7. The number of aliphatic hydroxyl groups excluding tert-OH is 2. The molecular weight excluding hydrogens is 360 g/mol. The summed E-state index contributed by atoms with van der Waals surface area (Å²) in [7, 11) is 3.17. The molecule has 2 saturated carbocycles. The molecule has 4 aliphatic rings. The number of hydrogen-bond acceptors (Lipinski definition) is 6. The number of ketones is 1. The number of allylic oxidation sites excluding steroid dienone is 2. The van der Waals surface area contributed by atoms with Crippen LogP contribution in [0, 0.1) is 40.4 Å². The summed E-state index contributed by atoms with van der Waals surface area (Å²) >= 11 is 0. The van der Waals surface area contributed by atoms with E-state index >= 15 is 0 Å². The molecule has 158 valence electrons. The SMILES string of the molecule is COC1=C[C@@H](C)[C@@H]2C[C@H]3O[C@H](OC)C[C@H]4[C@@H](C)[C@H](O)[C@@H](O)[C@@H]([C@@]2(C)C1=O)[C@@]34C. The number of aliphatic hydroxyl groups is 2. The van der Waals surface area contributed by atoms with E-state index in [1.54, 1.807) is 7.11 Å². The van der Waals surface area contributed by atoms with E-state index < -0.39 is 29.0 Å². The van der Waals surface area contributed by atoms with E-state index in [4.69, 9.17) is 14.2 Å². The topological polar surface area (TPSA) is 85.2 Å². The van der Waals surface area contributed by atoms with Gasteiger partial charge in [-0.25, -0.2) is 0 Å². The molecule has 0 bridgehead atoms. The van der Waals surface area contributed by atoms with Gasteiger partial charge in [0.1, 0.15) is 0 Å². The Morgan fingerprint density at radius 3 is 2.39 bits per heavy atom. The molecule has 0 aromatic heterocycles. The smallest absolute Gasteiger partial charge is 0.203 e. The van der Waals surface area contributed by atoms with Crippen molar-refractivity contribution in [2.75, 3.05) is 14.2 Å². The molecule has 1 aliphatic heterocycles. The van der Waals surface area contributed by atoms with Gasteiger partial charge in [-0.2, -0.15) is 0 Å². The monoisotopic (exact) mass is 394 g/mol. The van der Waals surface area contributed by atoms with Crippen LogP contribution in [0.1, 0.15) is 40.5 Å². The molecule has 0 unspecified atom stereocenters. The van der Waals surface area contributed by atoms with Crippen molar-refractivity contribution in [3.05, 3.63) is 11.8 Å². The molecule has 1 heterocycles. The summed E-state index contributed by atoms with van der Waals surface area (Å²) < 4.78 is 17.4. The first-order valence-electron chi connectivity index (χ1n) is 10.5. The lowest BCUT2D eigenvalue weighted by Crippen LogP contribution is -2.73. The molecule has 0 aromatic carbocycles. The van der Waals surface area contributed by atoms with E-state index in [1.807, 2.05) is 19.9 Å². The van der Waals surface area contributed by atoms with Crippen LogP contribution in [0.5, 0.6) is 0 Å². The Morgan fingerprint density at radius 1 is 1.11 bits per heavy atom. The van der Waals surface area contributed by atoms with Crippen molar-refractivity contribution in [3.63, 3.8) is 0 Å². The Bertz CT molecular complexity index is 691. The summed E-state index contributed by atoms with van der Waals surface area (Å²) in [6, 6.07) is 0. The van der Waals surface area contributed by atoms with E-state index in [2.05, 4.69) is 13.8 Å². The zero-order valence-electron chi connectivity index (χ0n) is 17.7. The third-order valence-electron chi connectivity index (χ3n) is 8.92. The minimum atomic E-state index is -0.985. The highest BCUT2D eigenvalue weighted by Crippen LogP contribution is 2.68. The van der Waals surface area contributed by atoms with Crippen molar-refractivity contribution in [2.24, 2.45) is 40.4 Å². The molecule has 0 amide bonds. The second-order valence-electron chi connectivity index (χ2n) is 9.86. The normalized spacial score (nSPS) is 55.8. The van der Waals surface area contributed by atoms with Crippen LogP contribution in [0.3, 0.4) is 0 Å². The van der Waals surface area contributed by atoms with Gasteiger partial charge in [0.05, 0.1) is 25.4 Å². The number of Topliss-reactive ketones (excluding diaryl/α,β-unsaturated/α-hetero) is 1. The van der Waals surface area contributed by atoms with Crippen molar-refractivity contribution in [1.29, 1.82) is 0 Å². The highest BCUT2D eigenvalue weighted by atomic mass is 16.7. The number of ether oxygens (including phenoxy) is 3. The number of carbonyl (C=O) groups is 1. The highest BCUT2D eigenvalue weighted by molar-refractivity contribution is 5.99. The average molecular weight is 395 g/mol. The number of hydrogen-bond donors (Lipinski definition) is 2. The molecule has 0 spiro atoms. The van der Waals surface area contributed by atoms with Gasteiger partial charge in [0.25, 0.3) is 0 Å². The Hall–Kier alpha value is -0.950. The Kier molecular flexibility index (Phi) is 4.74. The maximum Gasteiger partial charge on any atom is 0.203 e. The number of fused-ring (bicyclic) bond motifs is 2. The number of carbonyl (C=O) groups excluding carboxylic acids is 1. The van der Waals surface area contributed by atoms with Gasteiger partial charge in [0.2, 0.25) is 5.78 Å². The lowest BCUT2D eigenvalue weighted by atomic mass is 9.38. The molecule has 1 saturated heterocycles. The minimum Gasteiger partial charge on any atom is -0.493 e. The van der Waals surface area contributed by atoms with Crippen molar-refractivity contribution < 1.29 is 29.2 Å². The second-order valence-corrected chi connectivity index (χ2v) is 9.86. The fraction of sp³-hybridized carbons (Fsp3) is 0.864. The number of methoxy groups -OCH3 is 2. The van der Waals surface area contributed by atoms with E-state index in [0.29, 0.717) is 12.2 Å². The van der Waals surface area contributed by atoms with Gasteiger partial charge in [-0.1, -0.05) is 27.7 Å². The molecule has 3 fully saturated rings. The van der Waals surface area contributed by atoms with Gasteiger partial charge >= 0.3 is 0 Å². The molecule has 4 rings (SSSR count). The second kappa shape index (κ2) is 6.53. The molecule has 0 radical (unpaired) electrons. The summed E-state index contributed by atoms with van der Waals surface area (Å²) in [6.07, 6.45) is 0.976. The van der Waals surface area contributed by atoms with E-state index in [-0.39, 0.29) is 41.8 Å². The lowest BCUT2D eigenvalue weighted by Gasteiger charge is -2.69. The summed E-state index contributed by atoms with van der Waals surface area (Å²) in [6.45, 7) is 8.21. The molecule has 3 aliphatic carbocycles. The van der Waals surface area contributed by atoms with E-state index in [0.717, 1.165) is 6.42 Å². The molecule has 28 heavy (non-hydrogen) atoms. The standard InChI is InChI=1S/C22H34O6/c1-10-7-14(26-5)20(25)22(4)12(10)8-15-21(3)13(9-16(27-6)28-15)11(2)17(23)18(24)19(21)22/h7,10-13,15-19,23-24H,8-9H2,1-6H3/t10-,11-,12+,13+,15-,16+,17+,18-,19-,21-,22+/m1/s1. The lowest BCUT2D eigenvalue weighted by molar-refractivity contribution is -0.329. The quantitative estimate of drug-likeness (QED) is 0.746. The molecule has 2 N–H and O–H groups in total. The number of rotatable bonds is 2. The average Bonchev–Trinajstić information content (AvgIpc) is 2.66. The van der Waals surface area contributed by atoms with Crippen LogP contribution in [0.25, 0.3) is 0 Å². The molecular formula is C22H34O6. The Balaban J connectivity index is 1.90. The first-order valence-corrected chi connectivity index (χ1v) is 10.5. The van der Waals surface area contributed by atoms with Gasteiger partial charge in [-0.3, -0.25) is 4.79 Å². The van der Waals surface area contributed by atoms with E-state index in [9.17, 15) is 15.0 Å². The predicted octanol–water partition coefficient (Wildman–Crippen LogP) is 2.13. The maximum atomic E-state index is 13.6. The van der Waals surface area contributed by atoms with E-state index in [1.165, 1.54) is 7.11 Å². The molecule has 6 nitrogen and oxygen atoms in total. The van der Waals surface area contributed by atoms with Crippen LogP contribution in [-0.2, 0) is 19.0 Å². The molecule has 0 aromatic rings. The summed E-state index contributed by atoms with van der Waals surface area (Å²) in [5, 5.41) is 22.3. The van der Waals surface area contributed by atoms with Gasteiger partial charge < -0.3 is 24.4 Å².